The Morgan fingerprint density at radius 2 is 1.56 bits per heavy atom. The number of piperazine rings is 1. The van der Waals surface area contributed by atoms with Crippen molar-refractivity contribution in [3.05, 3.63) is 35.9 Å². The molecular weight excluding hydrogens is 419 g/mol. The molecule has 0 aromatic heterocycles. The Morgan fingerprint density at radius 1 is 0.938 bits per heavy atom. The van der Waals surface area contributed by atoms with Crippen molar-refractivity contribution in [3.63, 3.8) is 0 Å². The van der Waals surface area contributed by atoms with Gasteiger partial charge in [0.1, 0.15) is 0 Å². The molecule has 0 radical (unpaired) electrons. The Bertz CT molecular complexity index is 802. The second-order valence-corrected chi connectivity index (χ2v) is 9.55. The Labute approximate surface area is 187 Å². The fourth-order valence-electron chi connectivity index (χ4n) is 5.44. The number of amides is 2. The normalized spacial score (nSPS) is 25.5. The third-order valence-corrected chi connectivity index (χ3v) is 7.41. The van der Waals surface area contributed by atoms with Gasteiger partial charge >= 0.3 is 6.18 Å². The minimum Gasteiger partial charge on any atom is -0.339 e. The molecule has 32 heavy (non-hydrogen) atoms. The number of hydrogen-bond donors (Lipinski definition) is 0. The maximum atomic E-state index is 14.2. The van der Waals surface area contributed by atoms with Crippen molar-refractivity contribution in [1.82, 2.24) is 14.7 Å². The lowest BCUT2D eigenvalue weighted by Crippen LogP contribution is -2.58. The fraction of sp³-hybridized carbons (Fsp3) is 0.667. The largest absolute Gasteiger partial charge is 0.404 e. The lowest BCUT2D eigenvalue weighted by Gasteiger charge is -2.40. The number of nitrogens with zero attached hydrogens (tertiary/aromatic N) is 3. The zero-order valence-electron chi connectivity index (χ0n) is 18.4. The second kappa shape index (κ2) is 9.41. The summed E-state index contributed by atoms with van der Waals surface area (Å²) < 4.78 is 42.7. The summed E-state index contributed by atoms with van der Waals surface area (Å²) in [4.78, 5) is 30.5. The standard InChI is InChI=1S/C24H32F3N3O2/c25-24(26,27)23(10-11-28(18-23)17-20-8-2-1-3-9-20)22(32)30-14-12-29(13-15-30)21(31)16-19-6-4-5-7-19/h1-3,8-9,19H,4-7,10-18H2. The van der Waals surface area contributed by atoms with Crippen LogP contribution >= 0.6 is 0 Å². The van der Waals surface area contributed by atoms with Crippen LogP contribution in [0.15, 0.2) is 30.3 Å². The first-order valence-corrected chi connectivity index (χ1v) is 11.7. The van der Waals surface area contributed by atoms with Crippen LogP contribution < -0.4 is 0 Å². The molecule has 2 heterocycles. The maximum absolute atomic E-state index is 14.2. The summed E-state index contributed by atoms with van der Waals surface area (Å²) in [6.45, 7) is 1.30. The Morgan fingerprint density at radius 3 is 2.19 bits per heavy atom. The van der Waals surface area contributed by atoms with Crippen LogP contribution in [0.1, 0.15) is 44.1 Å². The molecule has 1 aliphatic carbocycles. The molecule has 2 amide bonds. The van der Waals surface area contributed by atoms with E-state index < -0.39 is 17.5 Å². The third-order valence-electron chi connectivity index (χ3n) is 7.41. The van der Waals surface area contributed by atoms with Crippen LogP contribution in [0.5, 0.6) is 0 Å². The van der Waals surface area contributed by atoms with Gasteiger partial charge in [-0.15, -0.1) is 0 Å². The van der Waals surface area contributed by atoms with Crippen molar-refractivity contribution in [2.24, 2.45) is 11.3 Å². The van der Waals surface area contributed by atoms with E-state index >= 15 is 0 Å². The molecule has 8 heteroatoms. The van der Waals surface area contributed by atoms with Gasteiger partial charge < -0.3 is 9.80 Å². The Kier molecular flexibility index (Phi) is 6.79. The first-order valence-electron chi connectivity index (χ1n) is 11.7. The number of benzene rings is 1. The number of rotatable bonds is 5. The molecule has 2 saturated heterocycles. The van der Waals surface area contributed by atoms with Gasteiger partial charge in [0.25, 0.3) is 0 Å². The lowest BCUT2D eigenvalue weighted by molar-refractivity contribution is -0.224. The zero-order chi connectivity index (χ0) is 22.8. The molecule has 0 N–H and O–H groups in total. The summed E-state index contributed by atoms with van der Waals surface area (Å²) in [5.41, 5.74) is -1.43. The molecule has 4 rings (SSSR count). The minimum absolute atomic E-state index is 0.0736. The van der Waals surface area contributed by atoms with Gasteiger partial charge in [0, 0.05) is 45.7 Å². The van der Waals surface area contributed by atoms with Crippen molar-refractivity contribution < 1.29 is 22.8 Å². The molecular formula is C24H32F3N3O2. The fourth-order valence-corrected chi connectivity index (χ4v) is 5.44. The molecule has 3 fully saturated rings. The summed E-state index contributed by atoms with van der Waals surface area (Å²) >= 11 is 0. The predicted molar refractivity (Wildman–Crippen MR) is 115 cm³/mol. The highest BCUT2D eigenvalue weighted by Gasteiger charge is 2.64. The van der Waals surface area contributed by atoms with Crippen LogP contribution in [0, 0.1) is 11.3 Å². The highest BCUT2D eigenvalue weighted by Crippen LogP contribution is 2.47. The van der Waals surface area contributed by atoms with Crippen molar-refractivity contribution in [2.45, 2.75) is 51.2 Å². The van der Waals surface area contributed by atoms with E-state index in [2.05, 4.69) is 0 Å². The summed E-state index contributed by atoms with van der Waals surface area (Å²) in [5, 5.41) is 0. The predicted octanol–water partition coefficient (Wildman–Crippen LogP) is 3.69. The van der Waals surface area contributed by atoms with Gasteiger partial charge in [0.15, 0.2) is 5.41 Å². The van der Waals surface area contributed by atoms with Gasteiger partial charge in [0.2, 0.25) is 11.8 Å². The summed E-state index contributed by atoms with van der Waals surface area (Å²) in [7, 11) is 0. The highest BCUT2D eigenvalue weighted by molar-refractivity contribution is 5.85. The molecule has 1 aromatic rings. The first-order chi connectivity index (χ1) is 15.3. The van der Waals surface area contributed by atoms with Crippen molar-refractivity contribution >= 4 is 11.8 Å². The molecule has 0 spiro atoms. The topological polar surface area (TPSA) is 43.9 Å². The Balaban J connectivity index is 1.37. The number of likely N-dealkylation sites (tertiary alicyclic amines) is 1. The van der Waals surface area contributed by atoms with Crippen molar-refractivity contribution in [3.8, 4) is 0 Å². The van der Waals surface area contributed by atoms with Gasteiger partial charge in [0.05, 0.1) is 0 Å². The van der Waals surface area contributed by atoms with E-state index in [1.165, 1.54) is 17.7 Å². The SMILES string of the molecule is O=C(CC1CCCC1)N1CCN(C(=O)C2(C(F)(F)F)CCN(Cc3ccccc3)C2)CC1. The first kappa shape index (κ1) is 23.1. The lowest BCUT2D eigenvalue weighted by atomic mass is 9.84. The van der Waals surface area contributed by atoms with E-state index in [0.29, 0.717) is 32.0 Å². The van der Waals surface area contributed by atoms with Crippen LogP contribution in [0.2, 0.25) is 0 Å². The molecule has 1 saturated carbocycles. The average molecular weight is 452 g/mol. The molecule has 2 aliphatic heterocycles. The summed E-state index contributed by atoms with van der Waals surface area (Å²) in [6.07, 6.45) is 0.195. The Hall–Kier alpha value is -2.09. The zero-order valence-corrected chi connectivity index (χ0v) is 18.4. The quantitative estimate of drug-likeness (QED) is 0.686. The van der Waals surface area contributed by atoms with Crippen LogP contribution in [0.25, 0.3) is 0 Å². The number of halogens is 3. The number of carbonyl (C=O) groups excluding carboxylic acids is 2. The molecule has 5 nitrogen and oxygen atoms in total. The van der Waals surface area contributed by atoms with E-state index in [1.807, 2.05) is 30.3 Å². The maximum Gasteiger partial charge on any atom is 0.404 e. The summed E-state index contributed by atoms with van der Waals surface area (Å²) in [5.74, 6) is -0.322. The third kappa shape index (κ3) is 4.80. The highest BCUT2D eigenvalue weighted by atomic mass is 19.4. The average Bonchev–Trinajstić information content (AvgIpc) is 3.44. The van der Waals surface area contributed by atoms with Crippen LogP contribution in [-0.2, 0) is 16.1 Å². The smallest absolute Gasteiger partial charge is 0.339 e. The van der Waals surface area contributed by atoms with Crippen LogP contribution in [-0.4, -0.2) is 72.0 Å². The van der Waals surface area contributed by atoms with Gasteiger partial charge in [-0.05, 0) is 37.3 Å². The second-order valence-electron chi connectivity index (χ2n) is 9.55. The molecule has 1 atom stereocenters. The molecule has 1 aromatic carbocycles. The number of alkyl halides is 3. The monoisotopic (exact) mass is 451 g/mol. The van der Waals surface area contributed by atoms with E-state index in [1.54, 1.807) is 9.80 Å². The molecule has 176 valence electrons. The van der Waals surface area contributed by atoms with Gasteiger partial charge in [-0.1, -0.05) is 43.2 Å². The minimum atomic E-state index is -4.61. The molecule has 1 unspecified atom stereocenters. The van der Waals surface area contributed by atoms with Gasteiger partial charge in [-0.3, -0.25) is 14.5 Å². The molecule has 3 aliphatic rings. The van der Waals surface area contributed by atoms with E-state index in [4.69, 9.17) is 0 Å². The van der Waals surface area contributed by atoms with Gasteiger partial charge in [-0.25, -0.2) is 0 Å². The van der Waals surface area contributed by atoms with Crippen molar-refractivity contribution in [2.75, 3.05) is 39.3 Å². The van der Waals surface area contributed by atoms with Crippen LogP contribution in [0.4, 0.5) is 13.2 Å². The van der Waals surface area contributed by atoms with Crippen LogP contribution in [0.3, 0.4) is 0 Å². The summed E-state index contributed by atoms with van der Waals surface area (Å²) in [6, 6.07) is 9.37. The van der Waals surface area contributed by atoms with E-state index in [9.17, 15) is 22.8 Å². The number of hydrogen-bond acceptors (Lipinski definition) is 3. The van der Waals surface area contributed by atoms with E-state index in [0.717, 1.165) is 18.4 Å². The van der Waals surface area contributed by atoms with Gasteiger partial charge in [-0.2, -0.15) is 13.2 Å². The number of carbonyl (C=O) groups is 2. The van der Waals surface area contributed by atoms with E-state index in [-0.39, 0.29) is 38.5 Å². The molecule has 0 bridgehead atoms. The van der Waals surface area contributed by atoms with Crippen molar-refractivity contribution in [1.29, 1.82) is 0 Å².